The van der Waals surface area contributed by atoms with E-state index in [9.17, 15) is 14.0 Å². The van der Waals surface area contributed by atoms with Gasteiger partial charge in [0.05, 0.1) is 12.2 Å². The van der Waals surface area contributed by atoms with Gasteiger partial charge in [0.15, 0.2) is 0 Å². The van der Waals surface area contributed by atoms with E-state index in [-0.39, 0.29) is 23.7 Å². The molecule has 136 valence electrons. The molecule has 0 bridgehead atoms. The monoisotopic (exact) mass is 356 g/mol. The molecule has 4 rings (SSSR count). The second kappa shape index (κ2) is 6.90. The Morgan fingerprint density at radius 1 is 1.15 bits per heavy atom. The van der Waals surface area contributed by atoms with Crippen LogP contribution in [0.5, 0.6) is 0 Å². The molecule has 1 aromatic carbocycles. The third-order valence-corrected chi connectivity index (χ3v) is 5.33. The van der Waals surface area contributed by atoms with Crippen LogP contribution in [0.25, 0.3) is 0 Å². The molecule has 0 aliphatic carbocycles. The SMILES string of the molecule is O=C1C(C(=O)N2CCCCC2c2cn[nH]c2)CCN1c1ccc(F)cc1. The molecule has 2 unspecified atom stereocenters. The lowest BCUT2D eigenvalue weighted by molar-refractivity contribution is -0.143. The molecule has 0 saturated carbocycles. The summed E-state index contributed by atoms with van der Waals surface area (Å²) in [5.74, 6) is -1.31. The average molecular weight is 356 g/mol. The van der Waals surface area contributed by atoms with Gasteiger partial charge >= 0.3 is 0 Å². The second-order valence-electron chi connectivity index (χ2n) is 6.88. The van der Waals surface area contributed by atoms with E-state index in [0.717, 1.165) is 24.8 Å². The standard InChI is InChI=1S/C19H21FN4O2/c20-14-4-6-15(7-5-14)23-10-8-16(18(23)25)19(26)24-9-2-1-3-17(24)13-11-21-22-12-13/h4-7,11-12,16-17H,1-3,8-10H2,(H,21,22). The van der Waals surface area contributed by atoms with Gasteiger partial charge in [0.2, 0.25) is 11.8 Å². The van der Waals surface area contributed by atoms with Crippen molar-refractivity contribution in [1.29, 1.82) is 0 Å². The third kappa shape index (κ3) is 2.98. The number of aromatic amines is 1. The Bertz CT molecular complexity index is 790. The van der Waals surface area contributed by atoms with Crippen LogP contribution in [-0.4, -0.2) is 40.0 Å². The first-order valence-electron chi connectivity index (χ1n) is 9.01. The summed E-state index contributed by atoms with van der Waals surface area (Å²) in [6.07, 6.45) is 6.94. The number of carbonyl (C=O) groups excluding carboxylic acids is 2. The van der Waals surface area contributed by atoms with Gasteiger partial charge in [-0.3, -0.25) is 14.7 Å². The van der Waals surface area contributed by atoms with Crippen molar-refractivity contribution >= 4 is 17.5 Å². The Kier molecular flexibility index (Phi) is 4.44. The predicted octanol–water partition coefficient (Wildman–Crippen LogP) is 2.66. The van der Waals surface area contributed by atoms with E-state index in [4.69, 9.17) is 0 Å². The van der Waals surface area contributed by atoms with E-state index < -0.39 is 5.92 Å². The third-order valence-electron chi connectivity index (χ3n) is 5.33. The number of aromatic nitrogens is 2. The van der Waals surface area contributed by atoms with Gasteiger partial charge < -0.3 is 9.80 Å². The van der Waals surface area contributed by atoms with E-state index in [0.29, 0.717) is 25.2 Å². The van der Waals surface area contributed by atoms with Crippen molar-refractivity contribution in [2.45, 2.75) is 31.7 Å². The van der Waals surface area contributed by atoms with Crippen molar-refractivity contribution < 1.29 is 14.0 Å². The van der Waals surface area contributed by atoms with Gasteiger partial charge in [-0.25, -0.2) is 4.39 Å². The summed E-state index contributed by atoms with van der Waals surface area (Å²) in [6.45, 7) is 1.14. The van der Waals surface area contributed by atoms with Crippen molar-refractivity contribution in [3.8, 4) is 0 Å². The molecule has 2 aliphatic rings. The number of halogens is 1. The highest BCUT2D eigenvalue weighted by Gasteiger charge is 2.42. The van der Waals surface area contributed by atoms with Crippen molar-refractivity contribution in [3.63, 3.8) is 0 Å². The maximum atomic E-state index is 13.1. The number of H-pyrrole nitrogens is 1. The summed E-state index contributed by atoms with van der Waals surface area (Å²) in [6, 6.07) is 5.79. The largest absolute Gasteiger partial charge is 0.335 e. The van der Waals surface area contributed by atoms with E-state index in [1.807, 2.05) is 11.1 Å². The molecule has 3 heterocycles. The van der Waals surface area contributed by atoms with Crippen molar-refractivity contribution in [2.75, 3.05) is 18.0 Å². The molecule has 1 N–H and O–H groups in total. The van der Waals surface area contributed by atoms with Crippen molar-refractivity contribution in [1.82, 2.24) is 15.1 Å². The second-order valence-corrected chi connectivity index (χ2v) is 6.88. The Morgan fingerprint density at radius 2 is 1.96 bits per heavy atom. The highest BCUT2D eigenvalue weighted by molar-refractivity contribution is 6.09. The zero-order valence-electron chi connectivity index (χ0n) is 14.4. The molecule has 2 fully saturated rings. The summed E-state index contributed by atoms with van der Waals surface area (Å²) in [5, 5.41) is 6.80. The minimum atomic E-state index is -0.660. The maximum Gasteiger partial charge on any atom is 0.239 e. The number of amides is 2. The lowest BCUT2D eigenvalue weighted by atomic mass is 9.95. The molecular weight excluding hydrogens is 335 g/mol. The summed E-state index contributed by atoms with van der Waals surface area (Å²) in [5.41, 5.74) is 1.62. The van der Waals surface area contributed by atoms with Gasteiger partial charge in [0.1, 0.15) is 11.7 Å². The van der Waals surface area contributed by atoms with Crippen LogP contribution >= 0.6 is 0 Å². The number of anilines is 1. The molecule has 2 atom stereocenters. The van der Waals surface area contributed by atoms with Crippen LogP contribution in [-0.2, 0) is 9.59 Å². The number of piperidine rings is 1. The smallest absolute Gasteiger partial charge is 0.239 e. The number of benzene rings is 1. The molecule has 0 radical (unpaired) electrons. The molecule has 0 spiro atoms. The number of likely N-dealkylation sites (tertiary alicyclic amines) is 1. The molecule has 2 aliphatic heterocycles. The number of carbonyl (C=O) groups is 2. The van der Waals surface area contributed by atoms with E-state index in [1.165, 1.54) is 12.1 Å². The topological polar surface area (TPSA) is 69.3 Å². The van der Waals surface area contributed by atoms with Crippen molar-refractivity contribution in [3.05, 3.63) is 48.0 Å². The van der Waals surface area contributed by atoms with Crippen LogP contribution in [0.3, 0.4) is 0 Å². The predicted molar refractivity (Wildman–Crippen MR) is 93.8 cm³/mol. The van der Waals surface area contributed by atoms with Crippen molar-refractivity contribution in [2.24, 2.45) is 5.92 Å². The first-order chi connectivity index (χ1) is 12.6. The number of nitrogens with one attached hydrogen (secondary N) is 1. The van der Waals surface area contributed by atoms with E-state index in [2.05, 4.69) is 10.2 Å². The Morgan fingerprint density at radius 3 is 2.69 bits per heavy atom. The zero-order chi connectivity index (χ0) is 18.1. The normalized spacial score (nSPS) is 23.5. The fraction of sp³-hybridized carbons (Fsp3) is 0.421. The summed E-state index contributed by atoms with van der Waals surface area (Å²) in [7, 11) is 0. The van der Waals surface area contributed by atoms with Crippen LogP contribution < -0.4 is 4.90 Å². The summed E-state index contributed by atoms with van der Waals surface area (Å²) < 4.78 is 13.1. The molecule has 2 aromatic rings. The average Bonchev–Trinajstić information content (AvgIpc) is 3.32. The Balaban J connectivity index is 1.52. The van der Waals surface area contributed by atoms with Gasteiger partial charge in [-0.15, -0.1) is 0 Å². The van der Waals surface area contributed by atoms with Crippen LogP contribution in [0.1, 0.15) is 37.3 Å². The van der Waals surface area contributed by atoms with Gasteiger partial charge in [-0.1, -0.05) is 0 Å². The minimum absolute atomic E-state index is 0.0253. The number of hydrogen-bond acceptors (Lipinski definition) is 3. The molecule has 26 heavy (non-hydrogen) atoms. The van der Waals surface area contributed by atoms with Crippen LogP contribution in [0.2, 0.25) is 0 Å². The van der Waals surface area contributed by atoms with Crippen LogP contribution in [0.4, 0.5) is 10.1 Å². The number of nitrogens with zero attached hydrogens (tertiary/aromatic N) is 3. The lowest BCUT2D eigenvalue weighted by Crippen LogP contribution is -2.44. The Labute approximate surface area is 151 Å². The van der Waals surface area contributed by atoms with Gasteiger partial charge in [0, 0.05) is 30.5 Å². The highest BCUT2D eigenvalue weighted by atomic mass is 19.1. The fourth-order valence-electron chi connectivity index (χ4n) is 3.97. The first kappa shape index (κ1) is 16.8. The maximum absolute atomic E-state index is 13.1. The number of hydrogen-bond donors (Lipinski definition) is 1. The minimum Gasteiger partial charge on any atom is -0.335 e. The molecule has 2 amide bonds. The molecule has 6 nitrogen and oxygen atoms in total. The lowest BCUT2D eigenvalue weighted by Gasteiger charge is -2.36. The molecule has 1 aromatic heterocycles. The van der Waals surface area contributed by atoms with Crippen LogP contribution in [0, 0.1) is 11.7 Å². The van der Waals surface area contributed by atoms with Gasteiger partial charge in [-0.2, -0.15) is 5.10 Å². The first-order valence-corrected chi connectivity index (χ1v) is 9.01. The van der Waals surface area contributed by atoms with Crippen LogP contribution in [0.15, 0.2) is 36.7 Å². The Hall–Kier alpha value is -2.70. The van der Waals surface area contributed by atoms with E-state index in [1.54, 1.807) is 23.2 Å². The number of rotatable bonds is 3. The van der Waals surface area contributed by atoms with Gasteiger partial charge in [-0.05, 0) is 49.9 Å². The fourth-order valence-corrected chi connectivity index (χ4v) is 3.97. The van der Waals surface area contributed by atoms with Gasteiger partial charge in [0.25, 0.3) is 0 Å². The molecule has 2 saturated heterocycles. The molecular formula is C19H21FN4O2. The summed E-state index contributed by atoms with van der Waals surface area (Å²) >= 11 is 0. The molecule has 7 heteroatoms. The summed E-state index contributed by atoms with van der Waals surface area (Å²) in [4.78, 5) is 29.4. The van der Waals surface area contributed by atoms with E-state index >= 15 is 0 Å². The highest BCUT2D eigenvalue weighted by Crippen LogP contribution is 2.34. The quantitative estimate of drug-likeness (QED) is 0.860. The zero-order valence-corrected chi connectivity index (χ0v) is 14.4.